The quantitative estimate of drug-likeness (QED) is 0.206. The molecule has 0 amide bonds. The second kappa shape index (κ2) is 7.06. The van der Waals surface area contributed by atoms with Gasteiger partial charge in [-0.05, 0) is 75.8 Å². The SMILES string of the molecule is CC(C)(C)c1cc(C(C)(C)C)c2c(ccc3ccc4ccc5ccc6ccccc6c5c4c32)c1. The van der Waals surface area contributed by atoms with Crippen LogP contribution in [-0.2, 0) is 10.8 Å². The van der Waals surface area contributed by atoms with Crippen LogP contribution in [0, 0.1) is 0 Å². The molecular formula is C34H32. The van der Waals surface area contributed by atoms with Gasteiger partial charge >= 0.3 is 0 Å². The van der Waals surface area contributed by atoms with Crippen molar-refractivity contribution in [3.63, 3.8) is 0 Å². The van der Waals surface area contributed by atoms with E-state index in [9.17, 15) is 0 Å². The zero-order valence-electron chi connectivity index (χ0n) is 21.1. The number of hydrogen-bond acceptors (Lipinski definition) is 0. The molecule has 0 spiro atoms. The van der Waals surface area contributed by atoms with Crippen LogP contribution in [0.4, 0.5) is 0 Å². The Bertz CT molecular complexity index is 1740. The average molecular weight is 441 g/mol. The van der Waals surface area contributed by atoms with Crippen LogP contribution < -0.4 is 0 Å². The lowest BCUT2D eigenvalue weighted by atomic mass is 9.76. The maximum Gasteiger partial charge on any atom is -0.00142 e. The van der Waals surface area contributed by atoms with Crippen LogP contribution in [0.1, 0.15) is 52.7 Å². The standard InChI is InChI=1S/C34H32/c1-33(2,3)26-19-25-18-17-24-16-15-23-14-13-22-12-11-21-9-7-8-10-27(21)29(22)31(23)32(24)30(25)28(20-26)34(4,5)6/h7-20H,1-6H3. The minimum atomic E-state index is 0.0304. The Balaban J connectivity index is 1.95. The van der Waals surface area contributed by atoms with Crippen molar-refractivity contribution in [3.05, 3.63) is 96.1 Å². The van der Waals surface area contributed by atoms with E-state index in [1.807, 2.05) is 0 Å². The van der Waals surface area contributed by atoms with E-state index in [4.69, 9.17) is 0 Å². The third-order valence-corrected chi connectivity index (χ3v) is 7.46. The van der Waals surface area contributed by atoms with E-state index in [2.05, 4.69) is 126 Å². The molecular weight excluding hydrogens is 408 g/mol. The van der Waals surface area contributed by atoms with Crippen molar-refractivity contribution in [2.45, 2.75) is 52.4 Å². The first-order valence-corrected chi connectivity index (χ1v) is 12.4. The van der Waals surface area contributed by atoms with Gasteiger partial charge in [0.05, 0.1) is 0 Å². The summed E-state index contributed by atoms with van der Waals surface area (Å²) in [4.78, 5) is 0. The van der Waals surface area contributed by atoms with Crippen molar-refractivity contribution in [2.75, 3.05) is 0 Å². The number of rotatable bonds is 0. The summed E-state index contributed by atoms with van der Waals surface area (Å²) < 4.78 is 0. The van der Waals surface area contributed by atoms with Gasteiger partial charge in [0.15, 0.2) is 0 Å². The van der Waals surface area contributed by atoms with Crippen molar-refractivity contribution in [1.29, 1.82) is 0 Å². The van der Waals surface area contributed by atoms with Crippen LogP contribution in [0.15, 0.2) is 84.9 Å². The molecule has 6 aromatic rings. The lowest BCUT2D eigenvalue weighted by Crippen LogP contribution is -2.17. The Labute approximate surface area is 202 Å². The summed E-state index contributed by atoms with van der Waals surface area (Å²) in [6.07, 6.45) is 0. The highest BCUT2D eigenvalue weighted by Gasteiger charge is 2.24. The van der Waals surface area contributed by atoms with Crippen molar-refractivity contribution in [2.24, 2.45) is 0 Å². The highest BCUT2D eigenvalue weighted by molar-refractivity contribution is 6.32. The van der Waals surface area contributed by atoms with Crippen LogP contribution in [0.3, 0.4) is 0 Å². The van der Waals surface area contributed by atoms with Crippen molar-refractivity contribution >= 4 is 53.9 Å². The molecule has 0 aromatic heterocycles. The first-order chi connectivity index (χ1) is 16.1. The molecule has 0 heteroatoms. The van der Waals surface area contributed by atoms with Crippen LogP contribution in [0.2, 0.25) is 0 Å². The van der Waals surface area contributed by atoms with E-state index in [0.717, 1.165) is 0 Å². The van der Waals surface area contributed by atoms with Crippen LogP contribution in [0.5, 0.6) is 0 Å². The molecule has 0 bridgehead atoms. The summed E-state index contributed by atoms with van der Waals surface area (Å²) in [5.74, 6) is 0. The van der Waals surface area contributed by atoms with E-state index < -0.39 is 0 Å². The molecule has 0 radical (unpaired) electrons. The van der Waals surface area contributed by atoms with Gasteiger partial charge in [-0.2, -0.15) is 0 Å². The predicted molar refractivity (Wildman–Crippen MR) is 151 cm³/mol. The topological polar surface area (TPSA) is 0 Å². The van der Waals surface area contributed by atoms with Gasteiger partial charge in [-0.15, -0.1) is 0 Å². The first kappa shape index (κ1) is 21.2. The molecule has 0 aliphatic carbocycles. The molecule has 0 fully saturated rings. The molecule has 34 heavy (non-hydrogen) atoms. The Kier molecular flexibility index (Phi) is 4.40. The smallest absolute Gasteiger partial charge is 0.00142 e. The van der Waals surface area contributed by atoms with E-state index in [0.29, 0.717) is 0 Å². The zero-order valence-corrected chi connectivity index (χ0v) is 21.1. The summed E-state index contributed by atoms with van der Waals surface area (Å²) in [6.45, 7) is 14.0. The van der Waals surface area contributed by atoms with E-state index in [-0.39, 0.29) is 10.8 Å². The summed E-state index contributed by atoms with van der Waals surface area (Å²) in [5, 5.41) is 13.4. The van der Waals surface area contributed by atoms with Gasteiger partial charge in [-0.1, -0.05) is 126 Å². The number of fused-ring (bicyclic) bond motifs is 9. The van der Waals surface area contributed by atoms with E-state index >= 15 is 0 Å². The van der Waals surface area contributed by atoms with Gasteiger partial charge in [-0.25, -0.2) is 0 Å². The highest BCUT2D eigenvalue weighted by atomic mass is 14.3. The molecule has 6 aromatic carbocycles. The molecule has 6 rings (SSSR count). The highest BCUT2D eigenvalue weighted by Crippen LogP contribution is 2.43. The fraction of sp³-hybridized carbons (Fsp3) is 0.235. The molecule has 0 nitrogen and oxygen atoms in total. The summed E-state index contributed by atoms with van der Waals surface area (Å²) in [5.41, 5.74) is 2.97. The van der Waals surface area contributed by atoms with Crippen molar-refractivity contribution in [3.8, 4) is 0 Å². The maximum atomic E-state index is 2.48. The average Bonchev–Trinajstić information content (AvgIpc) is 2.81. The van der Waals surface area contributed by atoms with E-state index in [1.165, 1.54) is 65.0 Å². The second-order valence-electron chi connectivity index (χ2n) is 11.9. The normalized spacial score (nSPS) is 13.0. The van der Waals surface area contributed by atoms with Gasteiger partial charge in [0.2, 0.25) is 0 Å². The molecule has 168 valence electrons. The molecule has 0 saturated carbocycles. The summed E-state index contributed by atoms with van der Waals surface area (Å²) in [7, 11) is 0. The minimum absolute atomic E-state index is 0.0304. The van der Waals surface area contributed by atoms with Gasteiger partial charge in [0.1, 0.15) is 0 Å². The lowest BCUT2D eigenvalue weighted by molar-refractivity contribution is 0.573. The van der Waals surface area contributed by atoms with Gasteiger partial charge < -0.3 is 0 Å². The summed E-state index contributed by atoms with van der Waals surface area (Å²) >= 11 is 0. The molecule has 0 atom stereocenters. The maximum absolute atomic E-state index is 2.48. The van der Waals surface area contributed by atoms with Crippen molar-refractivity contribution < 1.29 is 0 Å². The van der Waals surface area contributed by atoms with Crippen LogP contribution >= 0.6 is 0 Å². The van der Waals surface area contributed by atoms with Crippen LogP contribution in [-0.4, -0.2) is 0 Å². The van der Waals surface area contributed by atoms with Gasteiger partial charge in [0.25, 0.3) is 0 Å². The minimum Gasteiger partial charge on any atom is -0.0616 e. The lowest BCUT2D eigenvalue weighted by Gasteiger charge is -2.28. The third-order valence-electron chi connectivity index (χ3n) is 7.46. The van der Waals surface area contributed by atoms with Gasteiger partial charge in [0, 0.05) is 0 Å². The molecule has 0 aliphatic rings. The Hall–Kier alpha value is -3.38. The Morgan fingerprint density at radius 1 is 0.412 bits per heavy atom. The fourth-order valence-corrected chi connectivity index (χ4v) is 5.62. The Morgan fingerprint density at radius 2 is 0.912 bits per heavy atom. The molecule has 0 saturated heterocycles. The predicted octanol–water partition coefficient (Wildman–Crippen LogP) is 10.0. The largest absolute Gasteiger partial charge is 0.0616 e. The number of hydrogen-bond donors (Lipinski definition) is 0. The summed E-state index contributed by atoms with van der Waals surface area (Å²) in [6, 6.07) is 32.1. The Morgan fingerprint density at radius 3 is 1.50 bits per heavy atom. The van der Waals surface area contributed by atoms with Crippen LogP contribution in [0.25, 0.3) is 53.9 Å². The molecule has 0 unspecified atom stereocenters. The zero-order chi connectivity index (χ0) is 23.8. The van der Waals surface area contributed by atoms with E-state index in [1.54, 1.807) is 0 Å². The fourth-order valence-electron chi connectivity index (χ4n) is 5.62. The molecule has 0 aliphatic heterocycles. The third kappa shape index (κ3) is 3.12. The second-order valence-corrected chi connectivity index (χ2v) is 11.9. The molecule has 0 N–H and O–H groups in total. The monoisotopic (exact) mass is 440 g/mol. The molecule has 0 heterocycles. The van der Waals surface area contributed by atoms with Gasteiger partial charge in [-0.3, -0.25) is 0 Å². The van der Waals surface area contributed by atoms with Crippen molar-refractivity contribution in [1.82, 2.24) is 0 Å². The number of benzene rings is 6. The first-order valence-electron chi connectivity index (χ1n) is 12.4.